The summed E-state index contributed by atoms with van der Waals surface area (Å²) in [7, 11) is 0. The number of pyridine rings is 2. The standard InChI is InChI=1S/C13H13N5/c1-8-2-4-11-13(16-8)18-12(17-11)10-5-3-9(6-14)7-15-10/h2-5,7H,6,14H2,1H3,(H,16,17,18). The van der Waals surface area contributed by atoms with E-state index in [1.165, 1.54) is 0 Å². The molecule has 90 valence electrons. The van der Waals surface area contributed by atoms with Crippen molar-refractivity contribution in [3.05, 3.63) is 41.7 Å². The molecule has 3 rings (SSSR count). The number of rotatable bonds is 2. The summed E-state index contributed by atoms with van der Waals surface area (Å²) in [6.45, 7) is 2.44. The van der Waals surface area contributed by atoms with Gasteiger partial charge in [-0.25, -0.2) is 9.97 Å². The molecule has 0 atom stereocenters. The van der Waals surface area contributed by atoms with Crippen molar-refractivity contribution in [3.63, 3.8) is 0 Å². The van der Waals surface area contributed by atoms with Crippen molar-refractivity contribution in [1.29, 1.82) is 0 Å². The van der Waals surface area contributed by atoms with Crippen LogP contribution in [0.5, 0.6) is 0 Å². The number of hydrogen-bond donors (Lipinski definition) is 2. The van der Waals surface area contributed by atoms with Crippen LogP contribution in [0.1, 0.15) is 11.3 Å². The highest BCUT2D eigenvalue weighted by Crippen LogP contribution is 2.17. The molecule has 0 aromatic carbocycles. The minimum absolute atomic E-state index is 0.494. The number of imidazole rings is 1. The topological polar surface area (TPSA) is 80.5 Å². The lowest BCUT2D eigenvalue weighted by molar-refractivity contribution is 1.05. The van der Waals surface area contributed by atoms with Crippen LogP contribution >= 0.6 is 0 Å². The highest BCUT2D eigenvalue weighted by atomic mass is 15.0. The molecule has 3 heterocycles. The Hall–Kier alpha value is -2.27. The molecule has 3 aromatic rings. The number of fused-ring (bicyclic) bond motifs is 1. The van der Waals surface area contributed by atoms with Crippen LogP contribution in [-0.2, 0) is 6.54 Å². The van der Waals surface area contributed by atoms with E-state index < -0.39 is 0 Å². The van der Waals surface area contributed by atoms with Crippen molar-refractivity contribution in [2.75, 3.05) is 0 Å². The SMILES string of the molecule is Cc1ccc2[nH]c(-c3ccc(CN)cn3)nc2n1. The van der Waals surface area contributed by atoms with Gasteiger partial charge in [0.15, 0.2) is 11.5 Å². The van der Waals surface area contributed by atoms with Gasteiger partial charge in [0.25, 0.3) is 0 Å². The second-order valence-corrected chi connectivity index (χ2v) is 4.17. The summed E-state index contributed by atoms with van der Waals surface area (Å²) in [5, 5.41) is 0. The van der Waals surface area contributed by atoms with Gasteiger partial charge in [-0.2, -0.15) is 0 Å². The Bertz CT molecular complexity index is 684. The number of nitrogens with zero attached hydrogens (tertiary/aromatic N) is 3. The van der Waals surface area contributed by atoms with E-state index in [2.05, 4.69) is 19.9 Å². The fourth-order valence-electron chi connectivity index (χ4n) is 1.79. The Labute approximate surface area is 104 Å². The second kappa shape index (κ2) is 4.19. The number of nitrogens with one attached hydrogen (secondary N) is 1. The van der Waals surface area contributed by atoms with Crippen LogP contribution in [0.2, 0.25) is 0 Å². The minimum atomic E-state index is 0.494. The predicted octanol–water partition coefficient (Wildman–Crippen LogP) is 1.79. The van der Waals surface area contributed by atoms with Crippen LogP contribution in [-0.4, -0.2) is 19.9 Å². The molecule has 0 fully saturated rings. The molecule has 0 unspecified atom stereocenters. The molecule has 0 aliphatic carbocycles. The van der Waals surface area contributed by atoms with Gasteiger partial charge in [0, 0.05) is 18.4 Å². The molecule has 0 spiro atoms. The summed E-state index contributed by atoms with van der Waals surface area (Å²) in [6, 6.07) is 7.79. The summed E-state index contributed by atoms with van der Waals surface area (Å²) in [5.74, 6) is 0.728. The molecule has 0 aliphatic heterocycles. The van der Waals surface area contributed by atoms with Crippen molar-refractivity contribution in [3.8, 4) is 11.5 Å². The zero-order valence-electron chi connectivity index (χ0n) is 10.0. The number of aromatic nitrogens is 4. The molecule has 0 saturated carbocycles. The van der Waals surface area contributed by atoms with E-state index in [0.29, 0.717) is 6.54 Å². The highest BCUT2D eigenvalue weighted by molar-refractivity contribution is 5.75. The molecule has 0 radical (unpaired) electrons. The first-order chi connectivity index (χ1) is 8.76. The molecule has 0 bridgehead atoms. The summed E-state index contributed by atoms with van der Waals surface area (Å²) >= 11 is 0. The first-order valence-corrected chi connectivity index (χ1v) is 5.75. The maximum absolute atomic E-state index is 5.54. The van der Waals surface area contributed by atoms with Crippen LogP contribution in [0, 0.1) is 6.92 Å². The molecule has 5 heteroatoms. The van der Waals surface area contributed by atoms with Gasteiger partial charge in [-0.05, 0) is 30.7 Å². The Morgan fingerprint density at radius 2 is 2.06 bits per heavy atom. The predicted molar refractivity (Wildman–Crippen MR) is 69.7 cm³/mol. The van der Waals surface area contributed by atoms with Crippen LogP contribution in [0.15, 0.2) is 30.5 Å². The molecule has 3 aromatic heterocycles. The van der Waals surface area contributed by atoms with Gasteiger partial charge in [0.2, 0.25) is 0 Å². The average molecular weight is 239 g/mol. The first-order valence-electron chi connectivity index (χ1n) is 5.75. The second-order valence-electron chi connectivity index (χ2n) is 4.17. The van der Waals surface area contributed by atoms with Crippen molar-refractivity contribution in [2.24, 2.45) is 5.73 Å². The molecule has 5 nitrogen and oxygen atoms in total. The van der Waals surface area contributed by atoms with Crippen LogP contribution in [0.4, 0.5) is 0 Å². The number of H-pyrrole nitrogens is 1. The van der Waals surface area contributed by atoms with E-state index >= 15 is 0 Å². The average Bonchev–Trinajstić information content (AvgIpc) is 2.81. The number of aromatic amines is 1. The van der Waals surface area contributed by atoms with Crippen LogP contribution in [0.25, 0.3) is 22.7 Å². The third kappa shape index (κ3) is 1.84. The zero-order chi connectivity index (χ0) is 12.5. The zero-order valence-corrected chi connectivity index (χ0v) is 10.0. The van der Waals surface area contributed by atoms with Crippen LogP contribution < -0.4 is 5.73 Å². The summed E-state index contributed by atoms with van der Waals surface area (Å²) < 4.78 is 0. The molecule has 0 amide bonds. The van der Waals surface area contributed by atoms with Gasteiger partial charge in [-0.3, -0.25) is 4.98 Å². The number of nitrogens with two attached hydrogens (primary N) is 1. The Balaban J connectivity index is 2.07. The van der Waals surface area contributed by atoms with E-state index in [0.717, 1.165) is 33.9 Å². The molecule has 3 N–H and O–H groups in total. The van der Waals surface area contributed by atoms with Gasteiger partial charge in [-0.1, -0.05) is 6.07 Å². The molecular weight excluding hydrogens is 226 g/mol. The van der Waals surface area contributed by atoms with Gasteiger partial charge in [-0.15, -0.1) is 0 Å². The van der Waals surface area contributed by atoms with Gasteiger partial charge in [0.1, 0.15) is 5.69 Å². The lowest BCUT2D eigenvalue weighted by Crippen LogP contribution is -1.97. The smallest absolute Gasteiger partial charge is 0.178 e. The largest absolute Gasteiger partial charge is 0.335 e. The monoisotopic (exact) mass is 239 g/mol. The summed E-state index contributed by atoms with van der Waals surface area (Å²) in [5.41, 5.74) is 9.93. The maximum Gasteiger partial charge on any atom is 0.178 e. The van der Waals surface area contributed by atoms with E-state index in [9.17, 15) is 0 Å². The third-order valence-electron chi connectivity index (χ3n) is 2.79. The van der Waals surface area contributed by atoms with Gasteiger partial charge >= 0.3 is 0 Å². The molecule has 0 saturated heterocycles. The quantitative estimate of drug-likeness (QED) is 0.714. The fraction of sp³-hybridized carbons (Fsp3) is 0.154. The summed E-state index contributed by atoms with van der Waals surface area (Å²) in [4.78, 5) is 16.3. The Morgan fingerprint density at radius 1 is 1.17 bits per heavy atom. The molecule has 18 heavy (non-hydrogen) atoms. The molecule has 0 aliphatic rings. The van der Waals surface area contributed by atoms with Crippen molar-refractivity contribution >= 4 is 11.2 Å². The molecular formula is C13H13N5. The number of hydrogen-bond acceptors (Lipinski definition) is 4. The van der Waals surface area contributed by atoms with E-state index in [-0.39, 0.29) is 0 Å². The number of aryl methyl sites for hydroxylation is 1. The van der Waals surface area contributed by atoms with Crippen molar-refractivity contribution in [2.45, 2.75) is 13.5 Å². The Morgan fingerprint density at radius 3 is 2.78 bits per heavy atom. The van der Waals surface area contributed by atoms with Crippen molar-refractivity contribution in [1.82, 2.24) is 19.9 Å². The third-order valence-corrected chi connectivity index (χ3v) is 2.79. The maximum atomic E-state index is 5.54. The van der Waals surface area contributed by atoms with Crippen molar-refractivity contribution < 1.29 is 0 Å². The van der Waals surface area contributed by atoms with E-state index in [4.69, 9.17) is 5.73 Å². The Kier molecular flexibility index (Phi) is 2.53. The fourth-order valence-corrected chi connectivity index (χ4v) is 1.79. The normalized spacial score (nSPS) is 11.0. The summed E-state index contributed by atoms with van der Waals surface area (Å²) in [6.07, 6.45) is 1.77. The highest BCUT2D eigenvalue weighted by Gasteiger charge is 2.07. The van der Waals surface area contributed by atoms with E-state index in [1.54, 1.807) is 6.20 Å². The minimum Gasteiger partial charge on any atom is -0.335 e. The van der Waals surface area contributed by atoms with Gasteiger partial charge < -0.3 is 10.7 Å². The van der Waals surface area contributed by atoms with Crippen LogP contribution in [0.3, 0.4) is 0 Å². The first kappa shape index (κ1) is 10.9. The lowest BCUT2D eigenvalue weighted by Gasteiger charge is -1.97. The lowest BCUT2D eigenvalue weighted by atomic mass is 10.2. The van der Waals surface area contributed by atoms with Gasteiger partial charge in [0.05, 0.1) is 5.52 Å². The van der Waals surface area contributed by atoms with E-state index in [1.807, 2.05) is 31.2 Å².